The molecule has 0 saturated carbocycles. The highest BCUT2D eigenvalue weighted by Crippen LogP contribution is 2.27. The van der Waals surface area contributed by atoms with E-state index in [9.17, 15) is 9.59 Å². The van der Waals surface area contributed by atoms with Gasteiger partial charge < -0.3 is 15.5 Å². The molecule has 144 valence electrons. The second kappa shape index (κ2) is 8.39. The number of nitrogens with zero attached hydrogens (tertiary/aromatic N) is 2. The first-order valence-corrected chi connectivity index (χ1v) is 9.00. The highest BCUT2D eigenvalue weighted by Gasteiger charge is 2.10. The van der Waals surface area contributed by atoms with Crippen LogP contribution in [0.25, 0.3) is 10.8 Å². The van der Waals surface area contributed by atoms with Crippen LogP contribution in [0, 0.1) is 0 Å². The molecule has 1 heterocycles. The van der Waals surface area contributed by atoms with Crippen LogP contribution in [0.15, 0.2) is 54.7 Å². The number of benzene rings is 2. The quantitative estimate of drug-likeness (QED) is 0.631. The molecule has 3 amide bonds. The molecule has 0 aliphatic heterocycles. The number of rotatable bonds is 5. The molecule has 3 aromatic rings. The first-order valence-electron chi connectivity index (χ1n) is 9.00. The predicted molar refractivity (Wildman–Crippen MR) is 112 cm³/mol. The number of hydrogen-bond donors (Lipinski definition) is 3. The van der Waals surface area contributed by atoms with Crippen LogP contribution >= 0.6 is 0 Å². The van der Waals surface area contributed by atoms with Crippen LogP contribution in [0.4, 0.5) is 22.0 Å². The summed E-state index contributed by atoms with van der Waals surface area (Å²) in [4.78, 5) is 29.7. The van der Waals surface area contributed by atoms with Crippen LogP contribution in [-0.2, 0) is 0 Å². The normalized spacial score (nSPS) is 10.4. The predicted octanol–water partition coefficient (Wildman–Crippen LogP) is 3.82. The van der Waals surface area contributed by atoms with Gasteiger partial charge >= 0.3 is 6.03 Å². The molecule has 0 saturated heterocycles. The van der Waals surface area contributed by atoms with Gasteiger partial charge in [-0.2, -0.15) is 0 Å². The molecular weight excluding hydrogens is 354 g/mol. The minimum Gasteiger partial charge on any atom is -0.355 e. The van der Waals surface area contributed by atoms with Crippen molar-refractivity contribution in [2.45, 2.75) is 6.92 Å². The van der Waals surface area contributed by atoms with Gasteiger partial charge in [0.15, 0.2) is 0 Å². The molecule has 0 radical (unpaired) electrons. The standard InChI is InChI=1S/C21H23N5O2/c1-4-22-21(28)25-19-12-14-7-6-10-18(17(14)13-23-19)24-16-9-5-8-15(11-16)20(27)26(2)3/h5-13,24H,4H2,1-3H3,(H2,22,23,25,28). The van der Waals surface area contributed by atoms with Gasteiger partial charge in [0.2, 0.25) is 0 Å². The van der Waals surface area contributed by atoms with Crippen molar-refractivity contribution >= 4 is 39.9 Å². The molecule has 3 N–H and O–H groups in total. The van der Waals surface area contributed by atoms with E-state index in [2.05, 4.69) is 20.9 Å². The lowest BCUT2D eigenvalue weighted by molar-refractivity contribution is 0.0827. The maximum absolute atomic E-state index is 12.2. The highest BCUT2D eigenvalue weighted by atomic mass is 16.2. The van der Waals surface area contributed by atoms with Crippen LogP contribution in [0.5, 0.6) is 0 Å². The van der Waals surface area contributed by atoms with Gasteiger partial charge in [0, 0.05) is 49.2 Å². The zero-order chi connectivity index (χ0) is 20.1. The van der Waals surface area contributed by atoms with E-state index in [4.69, 9.17) is 0 Å². The van der Waals surface area contributed by atoms with Crippen molar-refractivity contribution in [3.8, 4) is 0 Å². The summed E-state index contributed by atoms with van der Waals surface area (Å²) < 4.78 is 0. The Kier molecular flexibility index (Phi) is 5.74. The van der Waals surface area contributed by atoms with E-state index in [1.165, 1.54) is 0 Å². The first-order chi connectivity index (χ1) is 13.5. The summed E-state index contributed by atoms with van der Waals surface area (Å²) in [6.45, 7) is 2.40. The summed E-state index contributed by atoms with van der Waals surface area (Å²) in [5.41, 5.74) is 2.29. The summed E-state index contributed by atoms with van der Waals surface area (Å²) in [5.74, 6) is 0.429. The third kappa shape index (κ3) is 4.37. The molecule has 2 aromatic carbocycles. The second-order valence-corrected chi connectivity index (χ2v) is 6.49. The van der Waals surface area contributed by atoms with Crippen molar-refractivity contribution in [1.29, 1.82) is 0 Å². The van der Waals surface area contributed by atoms with Gasteiger partial charge in [0.25, 0.3) is 5.91 Å². The molecule has 0 unspecified atom stereocenters. The summed E-state index contributed by atoms with van der Waals surface area (Å²) in [5, 5.41) is 10.6. The summed E-state index contributed by atoms with van der Waals surface area (Å²) in [6, 6.07) is 14.7. The lowest BCUT2D eigenvalue weighted by Gasteiger charge is -2.13. The number of urea groups is 1. The van der Waals surface area contributed by atoms with Crippen molar-refractivity contribution in [3.63, 3.8) is 0 Å². The number of carbonyl (C=O) groups is 2. The fourth-order valence-electron chi connectivity index (χ4n) is 2.81. The van der Waals surface area contributed by atoms with Crippen LogP contribution in [0.1, 0.15) is 17.3 Å². The largest absolute Gasteiger partial charge is 0.355 e. The van der Waals surface area contributed by atoms with Gasteiger partial charge in [-0.1, -0.05) is 18.2 Å². The molecule has 7 heteroatoms. The monoisotopic (exact) mass is 377 g/mol. The Morgan fingerprint density at radius 3 is 2.61 bits per heavy atom. The molecule has 28 heavy (non-hydrogen) atoms. The number of carbonyl (C=O) groups excluding carboxylic acids is 2. The van der Waals surface area contributed by atoms with Gasteiger partial charge in [0.1, 0.15) is 5.82 Å². The van der Waals surface area contributed by atoms with Gasteiger partial charge in [-0.05, 0) is 42.6 Å². The third-order valence-electron chi connectivity index (χ3n) is 4.14. The average molecular weight is 377 g/mol. The first kappa shape index (κ1) is 19.2. The smallest absolute Gasteiger partial charge is 0.320 e. The minimum atomic E-state index is -0.286. The molecule has 7 nitrogen and oxygen atoms in total. The van der Waals surface area contributed by atoms with Crippen molar-refractivity contribution in [2.24, 2.45) is 0 Å². The number of pyridine rings is 1. The summed E-state index contributed by atoms with van der Waals surface area (Å²) in [6.07, 6.45) is 1.72. The number of anilines is 3. The van der Waals surface area contributed by atoms with E-state index in [1.54, 1.807) is 31.3 Å². The molecule has 0 bridgehead atoms. The Labute approximate surface area is 163 Å². The SMILES string of the molecule is CCNC(=O)Nc1cc2cccc(Nc3cccc(C(=O)N(C)C)c3)c2cn1. The zero-order valence-electron chi connectivity index (χ0n) is 16.1. The lowest BCUT2D eigenvalue weighted by Crippen LogP contribution is -2.28. The molecule has 0 spiro atoms. The Morgan fingerprint density at radius 1 is 1.07 bits per heavy atom. The fourth-order valence-corrected chi connectivity index (χ4v) is 2.81. The Balaban J connectivity index is 1.87. The number of amides is 3. The zero-order valence-corrected chi connectivity index (χ0v) is 16.1. The molecule has 3 rings (SSSR count). The van der Waals surface area contributed by atoms with Crippen molar-refractivity contribution in [3.05, 3.63) is 60.3 Å². The minimum absolute atomic E-state index is 0.0516. The molecule has 0 atom stereocenters. The molecule has 1 aromatic heterocycles. The van der Waals surface area contributed by atoms with Crippen molar-refractivity contribution in [2.75, 3.05) is 31.3 Å². The van der Waals surface area contributed by atoms with E-state index in [0.29, 0.717) is 17.9 Å². The van der Waals surface area contributed by atoms with E-state index in [0.717, 1.165) is 22.1 Å². The van der Waals surface area contributed by atoms with Crippen LogP contribution in [0.2, 0.25) is 0 Å². The average Bonchev–Trinajstić information content (AvgIpc) is 2.67. The van der Waals surface area contributed by atoms with Crippen LogP contribution in [-0.4, -0.2) is 42.5 Å². The van der Waals surface area contributed by atoms with Gasteiger partial charge in [0.05, 0.1) is 0 Å². The third-order valence-corrected chi connectivity index (χ3v) is 4.14. The van der Waals surface area contributed by atoms with Gasteiger partial charge in [-0.25, -0.2) is 9.78 Å². The Morgan fingerprint density at radius 2 is 1.86 bits per heavy atom. The molecule has 0 aliphatic carbocycles. The topological polar surface area (TPSA) is 86.4 Å². The number of aromatic nitrogens is 1. The molecular formula is C21H23N5O2. The maximum Gasteiger partial charge on any atom is 0.320 e. The van der Waals surface area contributed by atoms with E-state index in [1.807, 2.05) is 49.4 Å². The summed E-state index contributed by atoms with van der Waals surface area (Å²) in [7, 11) is 3.45. The Hall–Kier alpha value is -3.61. The Bertz CT molecular complexity index is 1020. The number of hydrogen-bond acceptors (Lipinski definition) is 4. The summed E-state index contributed by atoms with van der Waals surface area (Å²) >= 11 is 0. The second-order valence-electron chi connectivity index (χ2n) is 6.49. The van der Waals surface area contributed by atoms with E-state index < -0.39 is 0 Å². The van der Waals surface area contributed by atoms with Crippen LogP contribution < -0.4 is 16.0 Å². The van der Waals surface area contributed by atoms with Crippen molar-refractivity contribution in [1.82, 2.24) is 15.2 Å². The molecule has 0 aliphatic rings. The number of fused-ring (bicyclic) bond motifs is 1. The lowest BCUT2D eigenvalue weighted by atomic mass is 10.1. The maximum atomic E-state index is 12.2. The molecule has 0 fully saturated rings. The van der Waals surface area contributed by atoms with Gasteiger partial charge in [-0.15, -0.1) is 0 Å². The van der Waals surface area contributed by atoms with E-state index in [-0.39, 0.29) is 11.9 Å². The number of nitrogens with one attached hydrogen (secondary N) is 3. The fraction of sp³-hybridized carbons (Fsp3) is 0.190. The highest BCUT2D eigenvalue weighted by molar-refractivity contribution is 5.99. The van der Waals surface area contributed by atoms with Crippen LogP contribution in [0.3, 0.4) is 0 Å². The van der Waals surface area contributed by atoms with Crippen molar-refractivity contribution < 1.29 is 9.59 Å². The van der Waals surface area contributed by atoms with E-state index >= 15 is 0 Å². The van der Waals surface area contributed by atoms with Gasteiger partial charge in [-0.3, -0.25) is 10.1 Å².